The smallest absolute Gasteiger partial charge is 0.420 e. The average Bonchev–Trinajstić information content (AvgIpc) is 3.22. The highest BCUT2D eigenvalue weighted by molar-refractivity contribution is 7.86. The molecule has 1 aliphatic rings. The van der Waals surface area contributed by atoms with Crippen molar-refractivity contribution in [1.82, 2.24) is 9.55 Å². The fraction of sp³-hybridized carbons (Fsp3) is 0.412. The fourth-order valence-electron chi connectivity index (χ4n) is 3.27. The van der Waals surface area contributed by atoms with Crippen LogP contribution in [-0.4, -0.2) is 51.1 Å². The van der Waals surface area contributed by atoms with E-state index in [1.807, 2.05) is 4.98 Å². The van der Waals surface area contributed by atoms with Crippen LogP contribution in [0.3, 0.4) is 0 Å². The Morgan fingerprint density at radius 1 is 1.26 bits per heavy atom. The van der Waals surface area contributed by atoms with Crippen molar-refractivity contribution in [3.05, 3.63) is 73.4 Å². The van der Waals surface area contributed by atoms with Crippen LogP contribution in [0.1, 0.15) is 18.2 Å². The van der Waals surface area contributed by atoms with Crippen molar-refractivity contribution in [3.8, 4) is 5.75 Å². The second kappa shape index (κ2) is 11.5. The summed E-state index contributed by atoms with van der Waals surface area (Å²) in [5.74, 6) is -0.552. The molecule has 22 heteroatoms. The van der Waals surface area contributed by atoms with Gasteiger partial charge in [0.25, 0.3) is 13.0 Å². The first-order valence-corrected chi connectivity index (χ1v) is 15.3. The van der Waals surface area contributed by atoms with Gasteiger partial charge in [-0.15, -0.1) is 0 Å². The van der Waals surface area contributed by atoms with Crippen LogP contribution in [0, 0.1) is 6.92 Å². The average molecular weight is 611 g/mol. The van der Waals surface area contributed by atoms with Gasteiger partial charge in [-0.1, -0.05) is 23.3 Å². The summed E-state index contributed by atoms with van der Waals surface area (Å²) in [6.45, 7) is 0.463. The second-order valence-corrected chi connectivity index (χ2v) is 13.7. The number of hydrogen-bond donors (Lipinski definition) is 3. The lowest BCUT2D eigenvalue weighted by molar-refractivity contribution is -0.0232. The number of alkyl halides is 2. The molecule has 3 rings (SSSR count). The molecule has 6 atom stereocenters. The van der Waals surface area contributed by atoms with E-state index in [2.05, 4.69) is 23.4 Å². The third kappa shape index (κ3) is 6.96. The van der Waals surface area contributed by atoms with E-state index >= 15 is 0 Å². The van der Waals surface area contributed by atoms with Crippen LogP contribution in [-0.2, 0) is 27.3 Å². The molecule has 0 spiro atoms. The van der Waals surface area contributed by atoms with Crippen LogP contribution in [0.5, 0.6) is 5.75 Å². The molecule has 0 aliphatic carbocycles. The first kappa shape index (κ1) is 31.0. The molecule has 210 valence electrons. The number of para-hydroxylation sites is 1. The van der Waals surface area contributed by atoms with Crippen molar-refractivity contribution in [2.75, 3.05) is 6.61 Å². The molecule has 0 bridgehead atoms. The number of benzene rings is 1. The Morgan fingerprint density at radius 2 is 1.90 bits per heavy atom. The van der Waals surface area contributed by atoms with Crippen LogP contribution in [0.2, 0.25) is 0 Å². The Labute approximate surface area is 218 Å². The van der Waals surface area contributed by atoms with Gasteiger partial charge in [-0.25, -0.2) is 13.7 Å². The molecule has 0 saturated carbocycles. The van der Waals surface area contributed by atoms with Gasteiger partial charge in [0.2, 0.25) is 7.57 Å². The minimum Gasteiger partial charge on any atom is -0.420 e. The predicted molar refractivity (Wildman–Crippen MR) is 130 cm³/mol. The zero-order valence-electron chi connectivity index (χ0n) is 19.6. The van der Waals surface area contributed by atoms with Crippen LogP contribution >= 0.6 is 22.7 Å². The molecule has 1 aromatic heterocycles. The maximum absolute atomic E-state index is 14.6. The van der Waals surface area contributed by atoms with E-state index in [4.69, 9.17) is 17.8 Å². The number of aromatic nitrogens is 2. The number of halogens is 2. The van der Waals surface area contributed by atoms with Gasteiger partial charge >= 0.3 is 26.3 Å². The molecule has 0 amide bonds. The van der Waals surface area contributed by atoms with Crippen molar-refractivity contribution >= 4 is 30.2 Å². The van der Waals surface area contributed by atoms with Crippen molar-refractivity contribution < 1.29 is 50.4 Å². The highest BCUT2D eigenvalue weighted by Gasteiger charge is 2.69. The Balaban J connectivity index is 1.74. The van der Waals surface area contributed by atoms with E-state index in [9.17, 15) is 41.9 Å². The summed E-state index contributed by atoms with van der Waals surface area (Å²) < 4.78 is 85.5. The number of H-pyrrole nitrogens is 1. The summed E-state index contributed by atoms with van der Waals surface area (Å²) in [6, 6.07) is 4.86. The summed E-state index contributed by atoms with van der Waals surface area (Å²) in [6.07, 6.45) is -1.48. The number of aromatic amines is 1. The molecule has 1 fully saturated rings. The first-order valence-electron chi connectivity index (χ1n) is 10.5. The molecular formula is C17H19BF2N5O11P3. The lowest BCUT2D eigenvalue weighted by Gasteiger charge is -2.28. The molecule has 3 N–H and O–H groups in total. The number of hydrogen-bond acceptors (Lipinski definition) is 10. The summed E-state index contributed by atoms with van der Waals surface area (Å²) in [5, 5.41) is -2.07. The van der Waals surface area contributed by atoms with Crippen molar-refractivity contribution in [2.24, 2.45) is 5.11 Å². The Hall–Kier alpha value is -2.58. The van der Waals surface area contributed by atoms with Crippen LogP contribution in [0.4, 0.5) is 8.78 Å². The van der Waals surface area contributed by atoms with E-state index in [0.717, 1.165) is 22.9 Å². The molecular weight excluding hydrogens is 592 g/mol. The monoisotopic (exact) mass is 611 g/mol. The third-order valence-electron chi connectivity index (χ3n) is 5.16. The number of ether oxygens (including phenoxy) is 1. The molecule has 16 nitrogen and oxygen atoms in total. The zero-order chi connectivity index (χ0) is 29.2. The van der Waals surface area contributed by atoms with Crippen LogP contribution in [0.25, 0.3) is 10.4 Å². The largest absolute Gasteiger partial charge is 0.459 e. The fourth-order valence-corrected chi connectivity index (χ4v) is 7.68. The van der Waals surface area contributed by atoms with E-state index < -0.39 is 70.0 Å². The second-order valence-electron chi connectivity index (χ2n) is 7.99. The van der Waals surface area contributed by atoms with Gasteiger partial charge in [0, 0.05) is 23.1 Å². The standard InChI is InChI=1S/C17H19BF2N5O11P3/c1-10-8-25(16(27)22-15(10)26)14-7-12(23-24-21)13(34-14)9-33-39(18,32)36-38(30,31)17(19,20)37(28,29)35-11-5-3-2-4-6-11/h2-6,8,12-14H,7,9H2,1H3,(H,28,29)(H,30,31)(H,22,26,27)/t12-,13-,14-,39?/m1/s1. The van der Waals surface area contributed by atoms with E-state index in [1.54, 1.807) is 0 Å². The van der Waals surface area contributed by atoms with Gasteiger partial charge < -0.3 is 23.6 Å². The molecule has 2 aromatic rings. The summed E-state index contributed by atoms with van der Waals surface area (Å²) in [4.78, 5) is 47.8. The highest BCUT2D eigenvalue weighted by Crippen LogP contribution is 2.78. The molecule has 1 aromatic carbocycles. The van der Waals surface area contributed by atoms with Crippen molar-refractivity contribution in [1.29, 1.82) is 0 Å². The minimum absolute atomic E-state index is 0.134. The van der Waals surface area contributed by atoms with Gasteiger partial charge in [0.1, 0.15) is 12.0 Å². The van der Waals surface area contributed by atoms with Crippen LogP contribution in [0.15, 0.2) is 51.2 Å². The lowest BCUT2D eigenvalue weighted by Crippen LogP contribution is -2.33. The summed E-state index contributed by atoms with van der Waals surface area (Å²) in [5.41, 5.74) is 7.42. The zero-order valence-corrected chi connectivity index (χ0v) is 22.3. The molecule has 3 unspecified atom stereocenters. The molecule has 2 radical (unpaired) electrons. The number of rotatable bonds is 11. The summed E-state index contributed by atoms with van der Waals surface area (Å²) in [7, 11) is -13.1. The van der Waals surface area contributed by atoms with Gasteiger partial charge in [0.15, 0.2) is 0 Å². The minimum atomic E-state index is -6.63. The van der Waals surface area contributed by atoms with Gasteiger partial charge in [-0.3, -0.25) is 23.5 Å². The quantitative estimate of drug-likeness (QED) is 0.110. The third-order valence-corrected chi connectivity index (χ3v) is 10.8. The Kier molecular flexibility index (Phi) is 9.13. The SMILES string of the molecule is [B]P(=O)(OC[C@H]1O[C@@H](n2cc(C)c(=O)[nH]c2=O)C[C@H]1N=[N+]=[N-])OP(=O)(O)C(F)(F)P(=O)(O)Oc1ccccc1. The Bertz CT molecular complexity index is 1530. The maximum atomic E-state index is 14.6. The van der Waals surface area contributed by atoms with E-state index in [-0.39, 0.29) is 12.0 Å². The number of nitrogens with zero attached hydrogens (tertiary/aromatic N) is 4. The molecule has 1 saturated heterocycles. The normalized spacial score (nSPS) is 24.1. The Morgan fingerprint density at radius 3 is 2.51 bits per heavy atom. The topological polar surface area (TPSA) is 232 Å². The van der Waals surface area contributed by atoms with E-state index in [1.165, 1.54) is 25.1 Å². The summed E-state index contributed by atoms with van der Waals surface area (Å²) >= 11 is 0. The number of aryl methyl sites for hydroxylation is 1. The van der Waals surface area contributed by atoms with Gasteiger partial charge in [0.05, 0.1) is 18.8 Å². The number of azide groups is 1. The van der Waals surface area contributed by atoms with Crippen molar-refractivity contribution in [3.63, 3.8) is 0 Å². The van der Waals surface area contributed by atoms with Gasteiger partial charge in [-0.2, -0.15) is 8.78 Å². The van der Waals surface area contributed by atoms with E-state index in [0.29, 0.717) is 0 Å². The lowest BCUT2D eigenvalue weighted by atomic mass is 10.1. The highest BCUT2D eigenvalue weighted by atomic mass is 31.3. The predicted octanol–water partition coefficient (Wildman–Crippen LogP) is 3.12. The maximum Gasteiger partial charge on any atom is 0.459 e. The molecule has 39 heavy (non-hydrogen) atoms. The van der Waals surface area contributed by atoms with Crippen LogP contribution < -0.4 is 15.8 Å². The van der Waals surface area contributed by atoms with Gasteiger partial charge in [-0.05, 0) is 24.6 Å². The number of nitrogens with one attached hydrogen (secondary N) is 1. The van der Waals surface area contributed by atoms with Crippen molar-refractivity contribution in [2.45, 2.75) is 37.1 Å². The molecule has 1 aliphatic heterocycles. The first-order chi connectivity index (χ1) is 18.0. The molecule has 2 heterocycles.